The molecule has 2 aliphatic heterocycles. The standard InChI is InChI=1S/C29H36ClN3O2/c30-27-11-10-24-26(32-27)7-4-13-29(24)19-31-16-25(29)28(34)33-14-12-22(21-5-2-1-3-6-21)15-23(33)18-35-17-20-8-9-20/h1-3,5-6,10-11,20,22-23,25,31H,4,7-9,12-19H2/t22?,23?,25-,29-/m0/s1. The Labute approximate surface area is 213 Å². The second kappa shape index (κ2) is 9.84. The molecular formula is C29H36ClN3O2. The molecule has 1 amide bonds. The summed E-state index contributed by atoms with van der Waals surface area (Å²) < 4.78 is 6.20. The molecule has 35 heavy (non-hydrogen) atoms. The number of hydrogen-bond acceptors (Lipinski definition) is 4. The predicted molar refractivity (Wildman–Crippen MR) is 138 cm³/mol. The number of likely N-dealkylation sites (tertiary alicyclic amines) is 1. The number of carbonyl (C=O) groups excluding carboxylic acids is 1. The van der Waals surface area contributed by atoms with Crippen LogP contribution in [0.25, 0.3) is 0 Å². The van der Waals surface area contributed by atoms with Crippen LogP contribution in [0.15, 0.2) is 42.5 Å². The monoisotopic (exact) mass is 493 g/mol. The van der Waals surface area contributed by atoms with Gasteiger partial charge in [0.1, 0.15) is 5.15 Å². The largest absolute Gasteiger partial charge is 0.379 e. The molecule has 2 aromatic rings. The maximum Gasteiger partial charge on any atom is 0.228 e. The SMILES string of the molecule is O=C([C@@H]1CNC[C@]12CCCc1nc(Cl)ccc12)N1CCC(c2ccccc2)CC1COCC1CC1. The van der Waals surface area contributed by atoms with Crippen LogP contribution in [0, 0.1) is 11.8 Å². The number of benzene rings is 1. The Morgan fingerprint density at radius 1 is 1.14 bits per heavy atom. The van der Waals surface area contributed by atoms with E-state index in [1.54, 1.807) is 0 Å². The highest BCUT2D eigenvalue weighted by Gasteiger charge is 2.52. The van der Waals surface area contributed by atoms with E-state index in [2.05, 4.69) is 51.6 Å². The number of carbonyl (C=O) groups is 1. The highest BCUT2D eigenvalue weighted by atomic mass is 35.5. The fourth-order valence-corrected chi connectivity index (χ4v) is 7.00. The van der Waals surface area contributed by atoms with Gasteiger partial charge in [0.25, 0.3) is 0 Å². The van der Waals surface area contributed by atoms with Crippen LogP contribution in [0.1, 0.15) is 61.3 Å². The van der Waals surface area contributed by atoms with Crippen molar-refractivity contribution >= 4 is 17.5 Å². The van der Waals surface area contributed by atoms with Crippen molar-refractivity contribution in [2.24, 2.45) is 11.8 Å². The van der Waals surface area contributed by atoms with Crippen molar-refractivity contribution in [2.45, 2.75) is 62.3 Å². The number of amides is 1. The van der Waals surface area contributed by atoms with Gasteiger partial charge in [0, 0.05) is 37.4 Å². The fraction of sp³-hybridized carbons (Fsp3) is 0.586. The number of aryl methyl sites for hydroxylation is 1. The van der Waals surface area contributed by atoms with Crippen molar-refractivity contribution in [3.8, 4) is 0 Å². The average Bonchev–Trinajstić information content (AvgIpc) is 3.62. The number of aromatic nitrogens is 1. The average molecular weight is 494 g/mol. The molecule has 1 saturated carbocycles. The van der Waals surface area contributed by atoms with E-state index in [4.69, 9.17) is 16.3 Å². The third-order valence-corrected chi connectivity index (χ3v) is 9.11. The molecule has 1 aromatic carbocycles. The van der Waals surface area contributed by atoms with Crippen LogP contribution in [0.2, 0.25) is 5.15 Å². The van der Waals surface area contributed by atoms with Gasteiger partial charge in [0.15, 0.2) is 0 Å². The molecule has 5 nitrogen and oxygen atoms in total. The molecule has 4 aliphatic rings. The van der Waals surface area contributed by atoms with Crippen LogP contribution >= 0.6 is 11.6 Å². The normalized spacial score (nSPS) is 30.4. The smallest absolute Gasteiger partial charge is 0.228 e. The maximum atomic E-state index is 14.3. The lowest BCUT2D eigenvalue weighted by molar-refractivity contribution is -0.142. The van der Waals surface area contributed by atoms with Crippen molar-refractivity contribution in [1.29, 1.82) is 0 Å². The van der Waals surface area contributed by atoms with Crippen LogP contribution in [-0.4, -0.2) is 54.7 Å². The topological polar surface area (TPSA) is 54.5 Å². The summed E-state index contributed by atoms with van der Waals surface area (Å²) in [5.74, 6) is 1.44. The molecule has 6 rings (SSSR count). The van der Waals surface area contributed by atoms with E-state index in [0.717, 1.165) is 70.0 Å². The van der Waals surface area contributed by atoms with Gasteiger partial charge in [-0.3, -0.25) is 4.79 Å². The van der Waals surface area contributed by atoms with Gasteiger partial charge in [-0.1, -0.05) is 48.0 Å². The van der Waals surface area contributed by atoms with E-state index in [9.17, 15) is 4.79 Å². The molecular weight excluding hydrogens is 458 g/mol. The van der Waals surface area contributed by atoms with Crippen molar-refractivity contribution in [3.63, 3.8) is 0 Å². The Hall–Kier alpha value is -1.95. The van der Waals surface area contributed by atoms with E-state index in [0.29, 0.717) is 23.6 Å². The number of piperidine rings is 1. The van der Waals surface area contributed by atoms with Crippen molar-refractivity contribution in [2.75, 3.05) is 32.8 Å². The van der Waals surface area contributed by atoms with Gasteiger partial charge in [-0.15, -0.1) is 0 Å². The zero-order chi connectivity index (χ0) is 23.8. The minimum absolute atomic E-state index is 0.0660. The lowest BCUT2D eigenvalue weighted by Crippen LogP contribution is -2.54. The van der Waals surface area contributed by atoms with E-state index in [1.165, 1.54) is 24.0 Å². The number of nitrogens with zero attached hydrogens (tertiary/aromatic N) is 2. The van der Waals surface area contributed by atoms with Crippen LogP contribution in [0.4, 0.5) is 0 Å². The Bertz CT molecular complexity index is 1060. The Balaban J connectivity index is 1.25. The van der Waals surface area contributed by atoms with Gasteiger partial charge in [-0.05, 0) is 74.0 Å². The third kappa shape index (κ3) is 4.63. The summed E-state index contributed by atoms with van der Waals surface area (Å²) in [6, 6.07) is 15.0. The molecule has 3 fully saturated rings. The Morgan fingerprint density at radius 2 is 2.00 bits per heavy atom. The number of fused-ring (bicyclic) bond motifs is 2. The Kier molecular flexibility index (Phi) is 6.59. The molecule has 2 saturated heterocycles. The van der Waals surface area contributed by atoms with Crippen LogP contribution in [0.5, 0.6) is 0 Å². The molecule has 6 heteroatoms. The van der Waals surface area contributed by atoms with Gasteiger partial charge in [0.05, 0.1) is 18.6 Å². The second-order valence-electron chi connectivity index (χ2n) is 11.1. The number of hydrogen-bond donors (Lipinski definition) is 1. The molecule has 1 N–H and O–H groups in total. The lowest BCUT2D eigenvalue weighted by atomic mass is 9.65. The van der Waals surface area contributed by atoms with Crippen LogP contribution in [0.3, 0.4) is 0 Å². The lowest BCUT2D eigenvalue weighted by Gasteiger charge is -2.45. The molecule has 3 heterocycles. The molecule has 0 radical (unpaired) electrons. The predicted octanol–water partition coefficient (Wildman–Crippen LogP) is 4.73. The highest BCUT2D eigenvalue weighted by Crippen LogP contribution is 2.46. The summed E-state index contributed by atoms with van der Waals surface area (Å²) in [7, 11) is 0. The van der Waals surface area contributed by atoms with Crippen molar-refractivity contribution < 1.29 is 9.53 Å². The van der Waals surface area contributed by atoms with Gasteiger partial charge in [0.2, 0.25) is 5.91 Å². The fourth-order valence-electron chi connectivity index (χ4n) is 6.83. The zero-order valence-corrected chi connectivity index (χ0v) is 21.2. The second-order valence-corrected chi connectivity index (χ2v) is 11.5. The molecule has 0 bridgehead atoms. The first-order valence-electron chi connectivity index (χ1n) is 13.4. The van der Waals surface area contributed by atoms with Crippen LogP contribution in [-0.2, 0) is 21.4 Å². The van der Waals surface area contributed by atoms with Gasteiger partial charge in [-0.2, -0.15) is 0 Å². The van der Waals surface area contributed by atoms with Crippen LogP contribution < -0.4 is 5.32 Å². The molecule has 2 unspecified atom stereocenters. The summed E-state index contributed by atoms with van der Waals surface area (Å²) in [5.41, 5.74) is 3.52. The molecule has 186 valence electrons. The number of ether oxygens (including phenoxy) is 1. The third-order valence-electron chi connectivity index (χ3n) is 8.90. The van der Waals surface area contributed by atoms with E-state index in [1.807, 2.05) is 6.07 Å². The van der Waals surface area contributed by atoms with Crippen molar-refractivity contribution in [1.82, 2.24) is 15.2 Å². The number of pyridine rings is 1. The maximum absolute atomic E-state index is 14.3. The first-order chi connectivity index (χ1) is 17.1. The minimum Gasteiger partial charge on any atom is -0.379 e. The van der Waals surface area contributed by atoms with Gasteiger partial charge in [-0.25, -0.2) is 4.98 Å². The zero-order valence-electron chi connectivity index (χ0n) is 20.4. The highest BCUT2D eigenvalue weighted by molar-refractivity contribution is 6.29. The molecule has 1 spiro atoms. The molecule has 2 aliphatic carbocycles. The molecule has 4 atom stereocenters. The van der Waals surface area contributed by atoms with Crippen molar-refractivity contribution in [3.05, 3.63) is 64.4 Å². The first-order valence-corrected chi connectivity index (χ1v) is 13.8. The van der Waals surface area contributed by atoms with Gasteiger partial charge >= 0.3 is 0 Å². The van der Waals surface area contributed by atoms with E-state index in [-0.39, 0.29) is 17.4 Å². The number of nitrogens with one attached hydrogen (secondary N) is 1. The minimum atomic E-state index is -0.183. The summed E-state index contributed by atoms with van der Waals surface area (Å²) in [5, 5.41) is 4.13. The summed E-state index contributed by atoms with van der Waals surface area (Å²) in [4.78, 5) is 21.1. The quantitative estimate of drug-likeness (QED) is 0.591. The molecule has 1 aromatic heterocycles. The van der Waals surface area contributed by atoms with E-state index < -0.39 is 0 Å². The summed E-state index contributed by atoms with van der Waals surface area (Å²) in [6.07, 6.45) is 7.57. The number of rotatable bonds is 6. The number of halogens is 1. The summed E-state index contributed by atoms with van der Waals surface area (Å²) >= 11 is 6.24. The summed E-state index contributed by atoms with van der Waals surface area (Å²) in [6.45, 7) is 3.85. The van der Waals surface area contributed by atoms with Gasteiger partial charge < -0.3 is 15.0 Å². The van der Waals surface area contributed by atoms with E-state index >= 15 is 0 Å². The Morgan fingerprint density at radius 3 is 2.83 bits per heavy atom. The first kappa shape index (κ1) is 23.4.